The first-order chi connectivity index (χ1) is 15.4. The Hall–Kier alpha value is -3.11. The number of ether oxygens (including phenoxy) is 1. The quantitative estimate of drug-likeness (QED) is 0.369. The van der Waals surface area contributed by atoms with Crippen LogP contribution in [0.5, 0.6) is 0 Å². The number of carbonyl (C=O) groups excluding carboxylic acids is 2. The van der Waals surface area contributed by atoms with Crippen LogP contribution >= 0.6 is 11.6 Å². The lowest BCUT2D eigenvalue weighted by atomic mass is 9.98. The van der Waals surface area contributed by atoms with Crippen LogP contribution in [-0.4, -0.2) is 53.0 Å². The van der Waals surface area contributed by atoms with Crippen molar-refractivity contribution in [2.45, 2.75) is 37.6 Å². The molecule has 2 atom stereocenters. The maximum absolute atomic E-state index is 12.2. The van der Waals surface area contributed by atoms with E-state index in [1.165, 1.54) is 0 Å². The van der Waals surface area contributed by atoms with Crippen LogP contribution in [0, 0.1) is 0 Å². The lowest BCUT2D eigenvalue weighted by Gasteiger charge is -2.20. The molecule has 0 unspecified atom stereocenters. The molecule has 0 bridgehead atoms. The first-order valence-electron chi connectivity index (χ1n) is 9.74. The summed E-state index contributed by atoms with van der Waals surface area (Å²) in [6, 6.07) is 13.1. The maximum atomic E-state index is 12.2. The molecule has 178 valence electrons. The van der Waals surface area contributed by atoms with Crippen LogP contribution < -0.4 is 5.32 Å². The van der Waals surface area contributed by atoms with E-state index in [-0.39, 0.29) is 6.42 Å². The van der Waals surface area contributed by atoms with Gasteiger partial charge in [-0.1, -0.05) is 48.0 Å². The molecule has 7 nitrogen and oxygen atoms in total. The van der Waals surface area contributed by atoms with Gasteiger partial charge >= 0.3 is 24.0 Å². The minimum Gasteiger partial charge on any atom is -0.479 e. The predicted molar refractivity (Wildman–Crippen MR) is 112 cm³/mol. The Morgan fingerprint density at radius 3 is 2.30 bits per heavy atom. The molecule has 0 radical (unpaired) electrons. The minimum atomic E-state index is -4.55. The van der Waals surface area contributed by atoms with Crippen LogP contribution in [-0.2, 0) is 25.5 Å². The van der Waals surface area contributed by atoms with Crippen molar-refractivity contribution in [1.29, 1.82) is 0 Å². The van der Waals surface area contributed by atoms with Crippen molar-refractivity contribution in [2.24, 2.45) is 0 Å². The number of amides is 1. The molecule has 0 aliphatic rings. The highest BCUT2D eigenvalue weighted by molar-refractivity contribution is 6.32. The number of aliphatic hydroxyl groups is 1. The smallest absolute Gasteiger partial charge is 0.396 e. The molecule has 0 heterocycles. The first kappa shape index (κ1) is 26.1. The first-order valence-corrected chi connectivity index (χ1v) is 10.1. The SMILES string of the molecule is O=C(N[C@H](Cc1ccc(-c2cccc(Cl)c2)cc1)C[C@@H](O)C(=O)O)C(=O)OCCC(F)(F)F. The lowest BCUT2D eigenvalue weighted by molar-refractivity contribution is -0.164. The van der Waals surface area contributed by atoms with E-state index in [1.807, 2.05) is 6.07 Å². The standard InChI is InChI=1S/C22H21ClF3NO6/c23-16-3-1-2-15(11-16)14-6-4-13(5-7-14)10-17(12-18(28)20(30)31)27-19(29)21(32)33-9-8-22(24,25)26/h1-7,11,17-18,28H,8-10,12H2,(H,27,29)(H,30,31)/t17-,18-/m1/s1. The van der Waals surface area contributed by atoms with E-state index in [9.17, 15) is 32.7 Å². The Balaban J connectivity index is 2.06. The summed E-state index contributed by atoms with van der Waals surface area (Å²) < 4.78 is 40.8. The van der Waals surface area contributed by atoms with Crippen molar-refractivity contribution in [3.63, 3.8) is 0 Å². The number of benzene rings is 2. The lowest BCUT2D eigenvalue weighted by Crippen LogP contribution is -2.44. The van der Waals surface area contributed by atoms with Gasteiger partial charge in [-0.25, -0.2) is 9.59 Å². The number of carboxylic acid groups (broad SMARTS) is 1. The molecular formula is C22H21ClF3NO6. The molecule has 0 fully saturated rings. The summed E-state index contributed by atoms with van der Waals surface area (Å²) in [5, 5.41) is 21.4. The van der Waals surface area contributed by atoms with Crippen molar-refractivity contribution in [3.8, 4) is 11.1 Å². The zero-order chi connectivity index (χ0) is 24.6. The van der Waals surface area contributed by atoms with Crippen LogP contribution in [0.4, 0.5) is 13.2 Å². The Morgan fingerprint density at radius 1 is 1.06 bits per heavy atom. The largest absolute Gasteiger partial charge is 0.479 e. The summed E-state index contributed by atoms with van der Waals surface area (Å²) in [5.74, 6) is -4.40. The Labute approximate surface area is 192 Å². The number of aliphatic carboxylic acids is 1. The molecular weight excluding hydrogens is 467 g/mol. The number of alkyl halides is 3. The fourth-order valence-electron chi connectivity index (χ4n) is 2.92. The molecule has 11 heteroatoms. The average molecular weight is 488 g/mol. The van der Waals surface area contributed by atoms with Crippen molar-refractivity contribution >= 4 is 29.4 Å². The van der Waals surface area contributed by atoms with Gasteiger partial charge in [-0.05, 0) is 35.2 Å². The van der Waals surface area contributed by atoms with Gasteiger partial charge in [0.2, 0.25) is 0 Å². The summed E-state index contributed by atoms with van der Waals surface area (Å²) in [6.45, 7) is -1.02. The van der Waals surface area contributed by atoms with Crippen LogP contribution in [0.15, 0.2) is 48.5 Å². The second kappa shape index (κ2) is 11.7. The number of carbonyl (C=O) groups is 3. The summed E-state index contributed by atoms with van der Waals surface area (Å²) in [5.41, 5.74) is 2.36. The number of aliphatic hydroxyl groups excluding tert-OH is 1. The molecule has 0 aromatic heterocycles. The van der Waals surface area contributed by atoms with Gasteiger partial charge in [-0.15, -0.1) is 0 Å². The van der Waals surface area contributed by atoms with Gasteiger partial charge in [0, 0.05) is 17.5 Å². The van der Waals surface area contributed by atoms with Crippen molar-refractivity contribution in [3.05, 3.63) is 59.1 Å². The zero-order valence-electron chi connectivity index (χ0n) is 17.1. The van der Waals surface area contributed by atoms with Crippen LogP contribution in [0.3, 0.4) is 0 Å². The van der Waals surface area contributed by atoms with Gasteiger partial charge in [-0.2, -0.15) is 13.2 Å². The molecule has 33 heavy (non-hydrogen) atoms. The second-order valence-electron chi connectivity index (χ2n) is 7.17. The average Bonchev–Trinajstić information content (AvgIpc) is 2.73. The molecule has 2 aromatic rings. The zero-order valence-corrected chi connectivity index (χ0v) is 17.9. The van der Waals surface area contributed by atoms with Crippen molar-refractivity contribution in [2.75, 3.05) is 6.61 Å². The van der Waals surface area contributed by atoms with E-state index >= 15 is 0 Å². The number of halogens is 4. The number of nitrogens with one attached hydrogen (secondary N) is 1. The second-order valence-corrected chi connectivity index (χ2v) is 7.61. The Kier molecular flexibility index (Phi) is 9.24. The van der Waals surface area contributed by atoms with Crippen LogP contribution in [0.1, 0.15) is 18.4 Å². The maximum Gasteiger partial charge on any atom is 0.396 e. The normalized spacial score (nSPS) is 13.1. The topological polar surface area (TPSA) is 113 Å². The van der Waals surface area contributed by atoms with Gasteiger partial charge in [0.1, 0.15) is 6.61 Å². The van der Waals surface area contributed by atoms with Crippen molar-refractivity contribution in [1.82, 2.24) is 5.32 Å². The minimum absolute atomic E-state index is 0.0434. The number of rotatable bonds is 9. The van der Waals surface area contributed by atoms with E-state index in [1.54, 1.807) is 42.5 Å². The molecule has 0 saturated heterocycles. The van der Waals surface area contributed by atoms with Gasteiger partial charge in [0.15, 0.2) is 6.10 Å². The fraction of sp³-hybridized carbons (Fsp3) is 0.318. The summed E-state index contributed by atoms with van der Waals surface area (Å²) in [4.78, 5) is 34.7. The number of carboxylic acids is 1. The van der Waals surface area contributed by atoms with Crippen molar-refractivity contribution < 1.29 is 42.5 Å². The van der Waals surface area contributed by atoms with Gasteiger partial charge in [0.05, 0.1) is 6.42 Å². The van der Waals surface area contributed by atoms with E-state index in [2.05, 4.69) is 10.1 Å². The Morgan fingerprint density at radius 2 is 1.73 bits per heavy atom. The van der Waals surface area contributed by atoms with Crippen LogP contribution in [0.25, 0.3) is 11.1 Å². The number of esters is 1. The highest BCUT2D eigenvalue weighted by Gasteiger charge is 2.29. The third kappa shape index (κ3) is 9.11. The summed E-state index contributed by atoms with van der Waals surface area (Å²) >= 11 is 5.99. The third-order valence-corrected chi connectivity index (χ3v) is 4.76. The molecule has 0 aliphatic carbocycles. The van der Waals surface area contributed by atoms with Gasteiger partial charge in [0.25, 0.3) is 0 Å². The molecule has 2 aromatic carbocycles. The molecule has 0 spiro atoms. The molecule has 0 aliphatic heterocycles. The third-order valence-electron chi connectivity index (χ3n) is 4.53. The van der Waals surface area contributed by atoms with Gasteiger partial charge < -0.3 is 20.3 Å². The fourth-order valence-corrected chi connectivity index (χ4v) is 3.11. The van der Waals surface area contributed by atoms with E-state index in [0.29, 0.717) is 10.6 Å². The van der Waals surface area contributed by atoms with E-state index in [4.69, 9.17) is 16.7 Å². The Bertz CT molecular complexity index is 981. The van der Waals surface area contributed by atoms with Crippen LogP contribution in [0.2, 0.25) is 5.02 Å². The van der Waals surface area contributed by atoms with E-state index < -0.39 is 55.6 Å². The highest BCUT2D eigenvalue weighted by atomic mass is 35.5. The molecule has 1 amide bonds. The highest BCUT2D eigenvalue weighted by Crippen LogP contribution is 2.23. The van der Waals surface area contributed by atoms with Gasteiger partial charge in [-0.3, -0.25) is 4.79 Å². The number of hydrogen-bond acceptors (Lipinski definition) is 5. The molecule has 0 saturated carbocycles. The number of hydrogen-bond donors (Lipinski definition) is 3. The molecule has 2 rings (SSSR count). The predicted octanol–water partition coefficient (Wildman–Crippen LogP) is 3.37. The molecule has 3 N–H and O–H groups in total. The summed E-state index contributed by atoms with van der Waals surface area (Å²) in [7, 11) is 0. The summed E-state index contributed by atoms with van der Waals surface area (Å²) in [6.07, 6.45) is -8.19. The van der Waals surface area contributed by atoms with E-state index in [0.717, 1.165) is 11.1 Å². The monoisotopic (exact) mass is 487 g/mol.